The summed E-state index contributed by atoms with van der Waals surface area (Å²) < 4.78 is 33.7. The molecule has 0 aliphatic heterocycles. The summed E-state index contributed by atoms with van der Waals surface area (Å²) in [6.07, 6.45) is 7.50. The van der Waals surface area contributed by atoms with E-state index in [1.165, 1.54) is 35.1 Å². The Kier molecular flexibility index (Phi) is 4.41. The van der Waals surface area contributed by atoms with Gasteiger partial charge in [0.2, 0.25) is 10.0 Å². The lowest BCUT2D eigenvalue weighted by molar-refractivity contribution is 0.527. The molecule has 0 atom stereocenters. The zero-order valence-electron chi connectivity index (χ0n) is 13.0. The van der Waals surface area contributed by atoms with Gasteiger partial charge in [-0.3, -0.25) is 4.57 Å². The molecule has 124 valence electrons. The van der Waals surface area contributed by atoms with E-state index in [0.29, 0.717) is 12.1 Å². The van der Waals surface area contributed by atoms with Gasteiger partial charge in [-0.2, -0.15) is 0 Å². The molecule has 1 N–H and O–H groups in total. The highest BCUT2D eigenvalue weighted by Crippen LogP contribution is 2.20. The molecule has 6 nitrogen and oxygen atoms in total. The second-order valence-corrected chi connectivity index (χ2v) is 7.58. The number of rotatable bonds is 5. The predicted molar refractivity (Wildman–Crippen MR) is 87.8 cm³/mol. The molecule has 1 aromatic heterocycles. The second-order valence-electron chi connectivity index (χ2n) is 5.81. The summed E-state index contributed by atoms with van der Waals surface area (Å²) in [5, 5.41) is 0. The Morgan fingerprint density at radius 1 is 1.30 bits per heavy atom. The maximum absolute atomic E-state index is 12.4. The summed E-state index contributed by atoms with van der Waals surface area (Å²) in [4.78, 5) is 11.6. The molecule has 0 unspecified atom stereocenters. The molecule has 0 radical (unpaired) electrons. The second kappa shape index (κ2) is 6.33. The normalized spacial score (nSPS) is 15.8. The largest absolute Gasteiger partial charge is 0.419 e. The van der Waals surface area contributed by atoms with Crippen molar-refractivity contribution in [3.63, 3.8) is 0 Å². The number of fused-ring (bicyclic) bond motifs is 1. The van der Waals surface area contributed by atoms with Crippen LogP contribution < -0.4 is 10.5 Å². The standard InChI is InChI=1S/C16H20N2O4S/c1-18-14-8-7-13(11-15(14)22-16(18)19)23(20,21)17-10-9-12-5-3-2-4-6-12/h5,7-8,11,17H,2-4,6,9-10H2,1H3. The minimum Gasteiger partial charge on any atom is -0.408 e. The highest BCUT2D eigenvalue weighted by Gasteiger charge is 2.16. The smallest absolute Gasteiger partial charge is 0.408 e. The SMILES string of the molecule is Cn1c(=O)oc2cc(S(=O)(=O)NCCC3=CCCCC3)ccc21. The lowest BCUT2D eigenvalue weighted by atomic mass is 9.97. The first-order chi connectivity index (χ1) is 11.0. The van der Waals surface area contributed by atoms with Crippen molar-refractivity contribution in [2.75, 3.05) is 6.54 Å². The average Bonchev–Trinajstić information content (AvgIpc) is 2.82. The van der Waals surface area contributed by atoms with Gasteiger partial charge in [-0.05, 0) is 44.2 Å². The van der Waals surface area contributed by atoms with Crippen LogP contribution in [-0.4, -0.2) is 19.5 Å². The van der Waals surface area contributed by atoms with Gasteiger partial charge >= 0.3 is 5.76 Å². The maximum Gasteiger partial charge on any atom is 0.419 e. The van der Waals surface area contributed by atoms with Crippen LogP contribution in [0.3, 0.4) is 0 Å². The molecular formula is C16H20N2O4S. The molecule has 0 bridgehead atoms. The van der Waals surface area contributed by atoms with Crippen LogP contribution in [0.25, 0.3) is 11.1 Å². The number of hydrogen-bond acceptors (Lipinski definition) is 4. The van der Waals surface area contributed by atoms with E-state index < -0.39 is 15.8 Å². The molecule has 0 saturated heterocycles. The summed E-state index contributed by atoms with van der Waals surface area (Å²) in [6.45, 7) is 0.380. The average molecular weight is 336 g/mol. The Labute approximate surface area is 134 Å². The molecule has 1 heterocycles. The Morgan fingerprint density at radius 3 is 2.87 bits per heavy atom. The summed E-state index contributed by atoms with van der Waals surface area (Å²) in [7, 11) is -2.02. The minimum absolute atomic E-state index is 0.108. The topological polar surface area (TPSA) is 81.3 Å². The van der Waals surface area contributed by atoms with Gasteiger partial charge in [-0.25, -0.2) is 17.9 Å². The monoisotopic (exact) mass is 336 g/mol. The van der Waals surface area contributed by atoms with Crippen molar-refractivity contribution in [2.45, 2.75) is 37.0 Å². The molecule has 2 aromatic rings. The number of nitrogens with one attached hydrogen (secondary N) is 1. The number of nitrogens with zero attached hydrogens (tertiary/aromatic N) is 1. The third-order valence-electron chi connectivity index (χ3n) is 4.20. The van der Waals surface area contributed by atoms with Crippen molar-refractivity contribution in [1.82, 2.24) is 9.29 Å². The van der Waals surface area contributed by atoms with Crippen molar-refractivity contribution in [1.29, 1.82) is 0 Å². The van der Waals surface area contributed by atoms with E-state index in [4.69, 9.17) is 4.42 Å². The van der Waals surface area contributed by atoms with Gasteiger partial charge in [0.15, 0.2) is 5.58 Å². The van der Waals surface area contributed by atoms with E-state index in [1.807, 2.05) is 0 Å². The van der Waals surface area contributed by atoms with E-state index >= 15 is 0 Å². The van der Waals surface area contributed by atoms with Crippen LogP contribution in [0, 0.1) is 0 Å². The Morgan fingerprint density at radius 2 is 2.13 bits per heavy atom. The van der Waals surface area contributed by atoms with Crippen molar-refractivity contribution < 1.29 is 12.8 Å². The molecule has 0 amide bonds. The van der Waals surface area contributed by atoms with Crippen LogP contribution in [-0.2, 0) is 17.1 Å². The van der Waals surface area contributed by atoms with E-state index in [1.54, 1.807) is 13.1 Å². The lowest BCUT2D eigenvalue weighted by Crippen LogP contribution is -2.25. The molecular weight excluding hydrogens is 316 g/mol. The van der Waals surface area contributed by atoms with Crippen LogP contribution in [0.2, 0.25) is 0 Å². The third kappa shape index (κ3) is 3.40. The van der Waals surface area contributed by atoms with Gasteiger partial charge in [0, 0.05) is 19.7 Å². The predicted octanol–water partition coefficient (Wildman–Crippen LogP) is 2.30. The van der Waals surface area contributed by atoms with Gasteiger partial charge in [0.05, 0.1) is 10.4 Å². The number of sulfonamides is 1. The number of oxazole rings is 1. The molecule has 7 heteroatoms. The summed E-state index contributed by atoms with van der Waals surface area (Å²) in [5.41, 5.74) is 2.17. The molecule has 1 aliphatic rings. The van der Waals surface area contributed by atoms with Crippen LogP contribution in [0.4, 0.5) is 0 Å². The first-order valence-corrected chi connectivity index (χ1v) is 9.23. The quantitative estimate of drug-likeness (QED) is 0.850. The van der Waals surface area contributed by atoms with Crippen molar-refractivity contribution >= 4 is 21.1 Å². The van der Waals surface area contributed by atoms with Gasteiger partial charge in [-0.1, -0.05) is 11.6 Å². The van der Waals surface area contributed by atoms with Crippen LogP contribution in [0.5, 0.6) is 0 Å². The molecule has 0 spiro atoms. The fourth-order valence-corrected chi connectivity index (χ4v) is 3.89. The minimum atomic E-state index is -3.60. The summed E-state index contributed by atoms with van der Waals surface area (Å²) in [5.74, 6) is -0.508. The zero-order chi connectivity index (χ0) is 16.4. The van der Waals surface area contributed by atoms with Crippen molar-refractivity contribution in [3.8, 4) is 0 Å². The van der Waals surface area contributed by atoms with Gasteiger partial charge in [0.25, 0.3) is 0 Å². The van der Waals surface area contributed by atoms with Crippen molar-refractivity contribution in [2.24, 2.45) is 7.05 Å². The number of benzene rings is 1. The lowest BCUT2D eigenvalue weighted by Gasteiger charge is -2.13. The number of aryl methyl sites for hydroxylation is 1. The van der Waals surface area contributed by atoms with E-state index in [-0.39, 0.29) is 10.5 Å². The molecule has 3 rings (SSSR count). The Hall–Kier alpha value is -1.86. The highest BCUT2D eigenvalue weighted by atomic mass is 32.2. The van der Waals surface area contributed by atoms with Crippen LogP contribution >= 0.6 is 0 Å². The summed E-state index contributed by atoms with van der Waals surface area (Å²) >= 11 is 0. The third-order valence-corrected chi connectivity index (χ3v) is 5.66. The van der Waals surface area contributed by atoms with Gasteiger partial charge in [-0.15, -0.1) is 0 Å². The van der Waals surface area contributed by atoms with Gasteiger partial charge in [0.1, 0.15) is 0 Å². The molecule has 0 saturated carbocycles. The Bertz CT molecular complexity index is 906. The Balaban J connectivity index is 1.74. The zero-order valence-corrected chi connectivity index (χ0v) is 13.9. The fraction of sp³-hybridized carbons (Fsp3) is 0.438. The van der Waals surface area contributed by atoms with E-state index in [9.17, 15) is 13.2 Å². The number of hydrogen-bond donors (Lipinski definition) is 1. The van der Waals surface area contributed by atoms with Gasteiger partial charge < -0.3 is 4.42 Å². The molecule has 23 heavy (non-hydrogen) atoms. The van der Waals surface area contributed by atoms with E-state index in [2.05, 4.69) is 10.8 Å². The first-order valence-electron chi connectivity index (χ1n) is 7.74. The molecule has 1 aromatic carbocycles. The number of aromatic nitrogens is 1. The maximum atomic E-state index is 12.4. The van der Waals surface area contributed by atoms with E-state index in [0.717, 1.165) is 19.3 Å². The van der Waals surface area contributed by atoms with Crippen molar-refractivity contribution in [3.05, 3.63) is 40.4 Å². The fourth-order valence-electron chi connectivity index (χ4n) is 2.84. The van der Waals surface area contributed by atoms with Crippen LogP contribution in [0.1, 0.15) is 32.1 Å². The number of allylic oxidation sites excluding steroid dienone is 1. The molecule has 1 aliphatic carbocycles. The molecule has 0 fully saturated rings. The van der Waals surface area contributed by atoms with Crippen LogP contribution in [0.15, 0.2) is 44.0 Å². The first kappa shape index (κ1) is 16.0. The summed E-state index contributed by atoms with van der Waals surface area (Å²) in [6, 6.07) is 4.46. The highest BCUT2D eigenvalue weighted by molar-refractivity contribution is 7.89.